The van der Waals surface area contributed by atoms with Crippen LogP contribution in [0.3, 0.4) is 0 Å². The molecular weight excluding hydrogens is 300 g/mol. The number of thioether (sulfide) groups is 1. The maximum atomic E-state index is 12.3. The maximum Gasteiger partial charge on any atom is 0.318 e. The summed E-state index contributed by atoms with van der Waals surface area (Å²) in [4.78, 5) is 18.5. The largest absolute Gasteiger partial charge is 0.464 e. The van der Waals surface area contributed by atoms with E-state index in [0.29, 0.717) is 19.6 Å². The molecule has 0 atom stereocenters. The van der Waals surface area contributed by atoms with Gasteiger partial charge in [0.15, 0.2) is 5.16 Å². The normalized spacial score (nSPS) is 13.2. The molecule has 118 valence electrons. The molecule has 0 spiro atoms. The quantitative estimate of drug-likeness (QED) is 0.920. The number of nitrogens with zero attached hydrogens (tertiary/aromatic N) is 3. The summed E-state index contributed by atoms with van der Waals surface area (Å²) in [6.07, 6.45) is 2.02. The van der Waals surface area contributed by atoms with Crippen LogP contribution < -0.4 is 5.32 Å². The first-order valence-electron chi connectivity index (χ1n) is 7.42. The Bertz CT molecular complexity index is 643. The average Bonchev–Trinajstić information content (AvgIpc) is 3.18. The zero-order valence-corrected chi connectivity index (χ0v) is 13.7. The monoisotopic (exact) mass is 320 g/mol. The molecule has 2 amide bonds. The lowest BCUT2D eigenvalue weighted by Gasteiger charge is -2.19. The molecule has 7 heteroatoms. The molecule has 3 rings (SSSR count). The van der Waals surface area contributed by atoms with Gasteiger partial charge in [-0.25, -0.2) is 9.78 Å². The van der Waals surface area contributed by atoms with E-state index in [1.54, 1.807) is 16.7 Å². The van der Waals surface area contributed by atoms with Crippen LogP contribution in [0.5, 0.6) is 0 Å². The van der Waals surface area contributed by atoms with E-state index < -0.39 is 0 Å². The lowest BCUT2D eigenvalue weighted by Crippen LogP contribution is -2.39. The van der Waals surface area contributed by atoms with E-state index in [9.17, 15) is 4.79 Å². The van der Waals surface area contributed by atoms with Gasteiger partial charge in [-0.3, -0.25) is 0 Å². The van der Waals surface area contributed by atoms with Crippen molar-refractivity contribution >= 4 is 17.8 Å². The predicted molar refractivity (Wildman–Crippen MR) is 84.7 cm³/mol. The number of hydrogen-bond acceptors (Lipinski definition) is 4. The summed E-state index contributed by atoms with van der Waals surface area (Å²) in [6, 6.07) is 3.71. The summed E-state index contributed by atoms with van der Waals surface area (Å²) in [6.45, 7) is 6.41. The van der Waals surface area contributed by atoms with Gasteiger partial charge in [0.2, 0.25) is 0 Å². The number of fused-ring (bicyclic) bond motifs is 1. The summed E-state index contributed by atoms with van der Waals surface area (Å²) < 4.78 is 7.66. The number of furan rings is 1. The number of urea groups is 1. The molecule has 0 saturated heterocycles. The first-order valence-corrected chi connectivity index (χ1v) is 8.41. The molecule has 2 aromatic rings. The van der Waals surface area contributed by atoms with E-state index in [0.717, 1.165) is 34.7 Å². The molecule has 0 aliphatic carbocycles. The Kier molecular flexibility index (Phi) is 4.42. The molecular formula is C15H20N4O2S. The molecule has 1 aliphatic rings. The second-order valence-corrected chi connectivity index (χ2v) is 6.30. The van der Waals surface area contributed by atoms with Gasteiger partial charge in [0.05, 0.1) is 18.8 Å². The highest BCUT2D eigenvalue weighted by molar-refractivity contribution is 7.99. The Morgan fingerprint density at radius 1 is 1.55 bits per heavy atom. The van der Waals surface area contributed by atoms with Gasteiger partial charge in [-0.15, -0.1) is 0 Å². The zero-order chi connectivity index (χ0) is 15.5. The van der Waals surface area contributed by atoms with Gasteiger partial charge < -0.3 is 19.2 Å². The lowest BCUT2D eigenvalue weighted by molar-refractivity contribution is 0.192. The number of aryl methyl sites for hydroxylation is 2. The second-order valence-electron chi connectivity index (χ2n) is 5.24. The molecule has 22 heavy (non-hydrogen) atoms. The fourth-order valence-corrected chi connectivity index (χ4v) is 3.37. The molecule has 3 heterocycles. The van der Waals surface area contributed by atoms with Crippen molar-refractivity contribution in [3.63, 3.8) is 0 Å². The minimum Gasteiger partial charge on any atom is -0.464 e. The lowest BCUT2D eigenvalue weighted by atomic mass is 10.4. The van der Waals surface area contributed by atoms with Crippen LogP contribution >= 0.6 is 11.8 Å². The Morgan fingerprint density at radius 2 is 2.41 bits per heavy atom. The van der Waals surface area contributed by atoms with Crippen LogP contribution in [-0.2, 0) is 19.6 Å². The van der Waals surface area contributed by atoms with Crippen LogP contribution in [0, 0.1) is 6.92 Å². The minimum atomic E-state index is -0.0997. The number of carbonyl (C=O) groups is 1. The minimum absolute atomic E-state index is 0.0997. The highest BCUT2D eigenvalue weighted by atomic mass is 32.2. The van der Waals surface area contributed by atoms with E-state index >= 15 is 0 Å². The predicted octanol–water partition coefficient (Wildman–Crippen LogP) is 2.62. The molecule has 0 bridgehead atoms. The van der Waals surface area contributed by atoms with Gasteiger partial charge in [-0.05, 0) is 26.0 Å². The number of aromatic nitrogens is 2. The number of amides is 2. The van der Waals surface area contributed by atoms with Crippen LogP contribution in [0.15, 0.2) is 27.9 Å². The molecule has 0 unspecified atom stereocenters. The Morgan fingerprint density at radius 3 is 3.09 bits per heavy atom. The Hall–Kier alpha value is -1.89. The molecule has 6 nitrogen and oxygen atoms in total. The van der Waals surface area contributed by atoms with Gasteiger partial charge in [0, 0.05) is 25.0 Å². The van der Waals surface area contributed by atoms with Crippen LogP contribution in [0.25, 0.3) is 0 Å². The SMILES string of the molecule is CCN(Cc1ccc(C)o1)C(=O)NCc1cn2c(n1)SCC2. The third-order valence-electron chi connectivity index (χ3n) is 3.59. The van der Waals surface area contributed by atoms with Gasteiger partial charge in [0.1, 0.15) is 11.5 Å². The molecule has 0 aromatic carbocycles. The van der Waals surface area contributed by atoms with Crippen molar-refractivity contribution in [2.24, 2.45) is 0 Å². The van der Waals surface area contributed by atoms with Crippen molar-refractivity contribution in [1.82, 2.24) is 19.8 Å². The fourth-order valence-electron chi connectivity index (χ4n) is 2.41. The first kappa shape index (κ1) is 15.0. The maximum absolute atomic E-state index is 12.3. The molecule has 0 saturated carbocycles. The Labute approximate surface area is 133 Å². The number of rotatable bonds is 5. The van der Waals surface area contributed by atoms with Crippen molar-refractivity contribution in [3.8, 4) is 0 Å². The molecule has 1 N–H and O–H groups in total. The van der Waals surface area contributed by atoms with Crippen molar-refractivity contribution in [1.29, 1.82) is 0 Å². The van der Waals surface area contributed by atoms with Gasteiger partial charge in [-0.2, -0.15) is 0 Å². The van der Waals surface area contributed by atoms with Gasteiger partial charge in [0.25, 0.3) is 0 Å². The standard InChI is InChI=1S/C15H20N4O2S/c1-3-18(10-13-5-4-11(2)21-13)14(20)16-8-12-9-19-6-7-22-15(19)17-12/h4-5,9H,3,6-8,10H2,1-2H3,(H,16,20). The van der Waals surface area contributed by atoms with E-state index in [2.05, 4.69) is 14.9 Å². The summed E-state index contributed by atoms with van der Waals surface area (Å²) >= 11 is 1.75. The van der Waals surface area contributed by atoms with Crippen LogP contribution in [-0.4, -0.2) is 32.8 Å². The van der Waals surface area contributed by atoms with E-state index in [-0.39, 0.29) is 6.03 Å². The third kappa shape index (κ3) is 3.30. The topological polar surface area (TPSA) is 63.3 Å². The van der Waals surface area contributed by atoms with Crippen LogP contribution in [0.4, 0.5) is 4.79 Å². The third-order valence-corrected chi connectivity index (χ3v) is 4.56. The fraction of sp³-hybridized carbons (Fsp3) is 0.467. The van der Waals surface area contributed by atoms with Crippen molar-refractivity contribution < 1.29 is 9.21 Å². The Balaban J connectivity index is 1.54. The first-order chi connectivity index (χ1) is 10.7. The summed E-state index contributed by atoms with van der Waals surface area (Å²) in [5, 5.41) is 3.97. The summed E-state index contributed by atoms with van der Waals surface area (Å²) in [5.74, 6) is 2.74. The van der Waals surface area contributed by atoms with Crippen molar-refractivity contribution in [2.75, 3.05) is 12.3 Å². The highest BCUT2D eigenvalue weighted by Crippen LogP contribution is 2.24. The number of hydrogen-bond donors (Lipinski definition) is 1. The zero-order valence-electron chi connectivity index (χ0n) is 12.8. The molecule has 0 radical (unpaired) electrons. The smallest absolute Gasteiger partial charge is 0.318 e. The number of nitrogens with one attached hydrogen (secondary N) is 1. The van der Waals surface area contributed by atoms with Gasteiger partial charge in [-0.1, -0.05) is 11.8 Å². The molecule has 0 fully saturated rings. The van der Waals surface area contributed by atoms with E-state index in [4.69, 9.17) is 4.42 Å². The van der Waals surface area contributed by atoms with Crippen LogP contribution in [0.1, 0.15) is 24.1 Å². The molecule has 1 aliphatic heterocycles. The van der Waals surface area contributed by atoms with E-state index in [1.165, 1.54) is 0 Å². The van der Waals surface area contributed by atoms with Crippen molar-refractivity contribution in [3.05, 3.63) is 35.5 Å². The van der Waals surface area contributed by atoms with Gasteiger partial charge >= 0.3 is 6.03 Å². The number of carbonyl (C=O) groups excluding carboxylic acids is 1. The number of imidazole rings is 1. The van der Waals surface area contributed by atoms with Crippen molar-refractivity contribution in [2.45, 2.75) is 38.6 Å². The summed E-state index contributed by atoms with van der Waals surface area (Å²) in [7, 11) is 0. The molecule has 2 aromatic heterocycles. The van der Waals surface area contributed by atoms with Crippen LogP contribution in [0.2, 0.25) is 0 Å². The van der Waals surface area contributed by atoms with E-state index in [1.807, 2.05) is 32.2 Å². The highest BCUT2D eigenvalue weighted by Gasteiger charge is 2.17. The average molecular weight is 320 g/mol. The summed E-state index contributed by atoms with van der Waals surface area (Å²) in [5.41, 5.74) is 0.903. The second kappa shape index (κ2) is 6.48.